The number of nitrogens with one attached hydrogen (secondary N) is 1. The standard InChI is InChI=1S/C21H25N3O5S/c1-30(27,28)23-13-15-3-2-12-24(14-15)21(26)17-6-10-19(11-7-17)29-18-8-4-16(5-9-18)20(22)25/h4-11,15,23H,2-3,12-14H2,1H3,(H2,22,25). The summed E-state index contributed by atoms with van der Waals surface area (Å²) < 4.78 is 30.8. The number of rotatable bonds is 7. The third-order valence-corrected chi connectivity index (χ3v) is 5.61. The van der Waals surface area contributed by atoms with Crippen LogP contribution in [0.25, 0.3) is 0 Å². The van der Waals surface area contributed by atoms with Gasteiger partial charge in [0.05, 0.1) is 6.26 Å². The van der Waals surface area contributed by atoms with Gasteiger partial charge in [0.2, 0.25) is 15.9 Å². The number of piperidine rings is 1. The molecule has 2 aromatic rings. The van der Waals surface area contributed by atoms with Gasteiger partial charge in [-0.2, -0.15) is 0 Å². The molecule has 0 aromatic heterocycles. The molecule has 160 valence electrons. The van der Waals surface area contributed by atoms with Crippen LogP contribution >= 0.6 is 0 Å². The second-order valence-electron chi connectivity index (χ2n) is 7.40. The molecular formula is C21H25N3O5S. The molecule has 0 saturated carbocycles. The van der Waals surface area contributed by atoms with Crippen LogP contribution in [0.4, 0.5) is 0 Å². The highest BCUT2D eigenvalue weighted by Crippen LogP contribution is 2.24. The number of hydrogen-bond acceptors (Lipinski definition) is 5. The van der Waals surface area contributed by atoms with Crippen molar-refractivity contribution >= 4 is 21.8 Å². The van der Waals surface area contributed by atoms with Gasteiger partial charge in [-0.05, 0) is 67.3 Å². The molecule has 1 fully saturated rings. The molecule has 0 radical (unpaired) electrons. The van der Waals surface area contributed by atoms with Crippen molar-refractivity contribution in [2.75, 3.05) is 25.9 Å². The number of ether oxygens (including phenoxy) is 1. The smallest absolute Gasteiger partial charge is 0.253 e. The third kappa shape index (κ3) is 6.04. The van der Waals surface area contributed by atoms with Crippen molar-refractivity contribution in [1.82, 2.24) is 9.62 Å². The first-order valence-electron chi connectivity index (χ1n) is 9.63. The van der Waals surface area contributed by atoms with E-state index in [-0.39, 0.29) is 11.8 Å². The topological polar surface area (TPSA) is 119 Å². The lowest BCUT2D eigenvalue weighted by Crippen LogP contribution is -2.43. The zero-order valence-electron chi connectivity index (χ0n) is 16.7. The van der Waals surface area contributed by atoms with Crippen molar-refractivity contribution in [3.63, 3.8) is 0 Å². The lowest BCUT2D eigenvalue weighted by atomic mass is 9.97. The minimum Gasteiger partial charge on any atom is -0.457 e. The van der Waals surface area contributed by atoms with Crippen LogP contribution in [0.1, 0.15) is 33.6 Å². The lowest BCUT2D eigenvalue weighted by molar-refractivity contribution is 0.0676. The van der Waals surface area contributed by atoms with Gasteiger partial charge >= 0.3 is 0 Å². The molecule has 1 saturated heterocycles. The van der Waals surface area contributed by atoms with E-state index in [0.717, 1.165) is 19.1 Å². The molecule has 1 aliphatic rings. The molecule has 1 heterocycles. The van der Waals surface area contributed by atoms with E-state index in [2.05, 4.69) is 4.72 Å². The molecule has 3 rings (SSSR count). The summed E-state index contributed by atoms with van der Waals surface area (Å²) in [6.45, 7) is 1.51. The van der Waals surface area contributed by atoms with E-state index in [1.165, 1.54) is 0 Å². The first-order valence-corrected chi connectivity index (χ1v) is 11.5. The number of primary amides is 1. The summed E-state index contributed by atoms with van der Waals surface area (Å²) in [6, 6.07) is 13.3. The van der Waals surface area contributed by atoms with Crippen LogP contribution in [0.3, 0.4) is 0 Å². The predicted octanol–water partition coefficient (Wildman–Crippen LogP) is 1.98. The average Bonchev–Trinajstić information content (AvgIpc) is 2.72. The number of likely N-dealkylation sites (tertiary alicyclic amines) is 1. The van der Waals surface area contributed by atoms with Gasteiger partial charge in [0.25, 0.3) is 5.91 Å². The minimum atomic E-state index is -3.24. The molecule has 30 heavy (non-hydrogen) atoms. The molecule has 9 heteroatoms. The van der Waals surface area contributed by atoms with E-state index in [9.17, 15) is 18.0 Å². The SMILES string of the molecule is CS(=O)(=O)NCC1CCCN(C(=O)c2ccc(Oc3ccc(C(N)=O)cc3)cc2)C1. The molecule has 1 unspecified atom stereocenters. The van der Waals surface area contributed by atoms with Crippen molar-refractivity contribution in [1.29, 1.82) is 0 Å². The van der Waals surface area contributed by atoms with E-state index in [1.54, 1.807) is 53.4 Å². The van der Waals surface area contributed by atoms with Gasteiger partial charge in [-0.1, -0.05) is 0 Å². The zero-order valence-corrected chi connectivity index (χ0v) is 17.5. The summed E-state index contributed by atoms with van der Waals surface area (Å²) in [5.74, 6) is 0.625. The number of sulfonamides is 1. The zero-order chi connectivity index (χ0) is 21.7. The quantitative estimate of drug-likeness (QED) is 0.695. The Bertz CT molecular complexity index is 1000. The Morgan fingerprint density at radius 2 is 1.63 bits per heavy atom. The Hall–Kier alpha value is -2.91. The van der Waals surface area contributed by atoms with Crippen molar-refractivity contribution in [2.45, 2.75) is 12.8 Å². The van der Waals surface area contributed by atoms with E-state index in [4.69, 9.17) is 10.5 Å². The maximum atomic E-state index is 12.8. The summed E-state index contributed by atoms with van der Waals surface area (Å²) in [5, 5.41) is 0. The van der Waals surface area contributed by atoms with Gasteiger partial charge in [0.15, 0.2) is 0 Å². The largest absolute Gasteiger partial charge is 0.457 e. The highest BCUT2D eigenvalue weighted by molar-refractivity contribution is 7.88. The van der Waals surface area contributed by atoms with E-state index < -0.39 is 15.9 Å². The van der Waals surface area contributed by atoms with E-state index in [0.29, 0.717) is 42.3 Å². The number of benzene rings is 2. The summed E-state index contributed by atoms with van der Waals surface area (Å²) in [4.78, 5) is 25.7. The molecule has 1 atom stereocenters. The van der Waals surface area contributed by atoms with Crippen LogP contribution in [0.2, 0.25) is 0 Å². The van der Waals surface area contributed by atoms with Crippen LogP contribution in [0, 0.1) is 5.92 Å². The van der Waals surface area contributed by atoms with Crippen molar-refractivity contribution < 1.29 is 22.7 Å². The first kappa shape index (κ1) is 21.8. The fourth-order valence-electron chi connectivity index (χ4n) is 3.36. The third-order valence-electron chi connectivity index (χ3n) is 4.92. The highest BCUT2D eigenvalue weighted by atomic mass is 32.2. The number of nitrogens with zero attached hydrogens (tertiary/aromatic N) is 1. The molecule has 2 aromatic carbocycles. The van der Waals surface area contributed by atoms with Crippen molar-refractivity contribution in [2.24, 2.45) is 11.7 Å². The minimum absolute atomic E-state index is 0.0867. The highest BCUT2D eigenvalue weighted by Gasteiger charge is 2.25. The number of nitrogens with two attached hydrogens (primary N) is 1. The molecule has 0 spiro atoms. The van der Waals surface area contributed by atoms with Crippen LogP contribution in [0.5, 0.6) is 11.5 Å². The fourth-order valence-corrected chi connectivity index (χ4v) is 3.90. The van der Waals surface area contributed by atoms with Crippen molar-refractivity contribution in [3.05, 3.63) is 59.7 Å². The Balaban J connectivity index is 1.59. The second kappa shape index (κ2) is 9.27. The summed E-state index contributed by atoms with van der Waals surface area (Å²) >= 11 is 0. The normalized spacial score (nSPS) is 16.8. The Labute approximate surface area is 176 Å². The first-order chi connectivity index (χ1) is 14.2. The van der Waals surface area contributed by atoms with Crippen LogP contribution < -0.4 is 15.2 Å². The Morgan fingerprint density at radius 3 is 2.17 bits per heavy atom. The van der Waals surface area contributed by atoms with E-state index >= 15 is 0 Å². The van der Waals surface area contributed by atoms with Gasteiger partial charge in [0.1, 0.15) is 11.5 Å². The fraction of sp³-hybridized carbons (Fsp3) is 0.333. The molecule has 8 nitrogen and oxygen atoms in total. The molecular weight excluding hydrogens is 406 g/mol. The molecule has 2 amide bonds. The molecule has 3 N–H and O–H groups in total. The molecule has 1 aliphatic heterocycles. The van der Waals surface area contributed by atoms with Crippen LogP contribution in [0.15, 0.2) is 48.5 Å². The van der Waals surface area contributed by atoms with Crippen molar-refractivity contribution in [3.8, 4) is 11.5 Å². The molecule has 0 aliphatic carbocycles. The average molecular weight is 432 g/mol. The Morgan fingerprint density at radius 1 is 1.07 bits per heavy atom. The van der Waals surface area contributed by atoms with Gasteiger partial charge in [-0.15, -0.1) is 0 Å². The number of carbonyl (C=O) groups excluding carboxylic acids is 2. The summed E-state index contributed by atoms with van der Waals surface area (Å²) in [6.07, 6.45) is 2.85. The van der Waals surface area contributed by atoms with Gasteiger partial charge in [-0.3, -0.25) is 9.59 Å². The summed E-state index contributed by atoms with van der Waals surface area (Å²) in [5.41, 5.74) is 6.16. The lowest BCUT2D eigenvalue weighted by Gasteiger charge is -2.32. The van der Waals surface area contributed by atoms with Gasteiger partial charge in [-0.25, -0.2) is 13.1 Å². The monoisotopic (exact) mass is 431 g/mol. The number of hydrogen-bond donors (Lipinski definition) is 2. The van der Waals surface area contributed by atoms with Gasteiger partial charge in [0, 0.05) is 30.8 Å². The number of carbonyl (C=O) groups is 2. The Kier molecular flexibility index (Phi) is 6.73. The maximum Gasteiger partial charge on any atom is 0.253 e. The van der Waals surface area contributed by atoms with Crippen LogP contribution in [-0.2, 0) is 10.0 Å². The van der Waals surface area contributed by atoms with E-state index in [1.807, 2.05) is 0 Å². The molecule has 0 bridgehead atoms. The predicted molar refractivity (Wildman–Crippen MR) is 113 cm³/mol. The number of amides is 2. The maximum absolute atomic E-state index is 12.8. The second-order valence-corrected chi connectivity index (χ2v) is 9.23. The van der Waals surface area contributed by atoms with Gasteiger partial charge < -0.3 is 15.4 Å². The van der Waals surface area contributed by atoms with Crippen LogP contribution in [-0.4, -0.2) is 51.0 Å². The summed E-state index contributed by atoms with van der Waals surface area (Å²) in [7, 11) is -3.24.